The molecule has 6 heteroatoms. The molecule has 0 heterocycles. The molecular weight excluding hydrogens is 442 g/mol. The molecule has 0 bridgehead atoms. The number of hydrogen-bond donors (Lipinski definition) is 2. The molecule has 0 aliphatic carbocycles. The van der Waals surface area contributed by atoms with Crippen LogP contribution in [0, 0.1) is 0 Å². The summed E-state index contributed by atoms with van der Waals surface area (Å²) in [5, 5.41) is 14.1. The highest BCUT2D eigenvalue weighted by Crippen LogP contribution is 2.26. The van der Waals surface area contributed by atoms with Gasteiger partial charge < -0.3 is 19.9 Å². The van der Waals surface area contributed by atoms with Crippen LogP contribution in [-0.4, -0.2) is 30.7 Å². The number of carbonyl (C=O) groups excluding carboxylic acids is 1. The van der Waals surface area contributed by atoms with Gasteiger partial charge in [0, 0.05) is 11.9 Å². The second-order valence-corrected chi connectivity index (χ2v) is 7.89. The lowest BCUT2D eigenvalue weighted by molar-refractivity contribution is -0.117. The molecule has 4 aromatic rings. The first kappa shape index (κ1) is 23.6. The predicted molar refractivity (Wildman–Crippen MR) is 136 cm³/mol. The van der Waals surface area contributed by atoms with E-state index in [0.29, 0.717) is 23.4 Å². The highest BCUT2D eigenvalue weighted by molar-refractivity contribution is 5.98. The van der Waals surface area contributed by atoms with E-state index >= 15 is 0 Å². The van der Waals surface area contributed by atoms with Gasteiger partial charge >= 0.3 is 5.97 Å². The zero-order chi connectivity index (χ0) is 24.6. The number of methoxy groups -OCH3 is 1. The van der Waals surface area contributed by atoms with Crippen molar-refractivity contribution in [2.24, 2.45) is 0 Å². The maximum Gasteiger partial charge on any atom is 0.335 e. The van der Waals surface area contributed by atoms with Crippen molar-refractivity contribution >= 4 is 28.7 Å². The van der Waals surface area contributed by atoms with E-state index in [9.17, 15) is 9.59 Å². The average Bonchev–Trinajstić information content (AvgIpc) is 2.90. The molecule has 0 fully saturated rings. The standard InChI is InChI=1S/C29H25NO5/c1-34-25-15-11-21(12-16-25)18-30-28(31)24(17-20-9-13-23(14-10-20)29(32)33)19-35-27-8-4-6-22-5-2-3-7-26(22)27/h2-17H,18-19H2,1H3,(H,30,31)(H,32,33)/b24-17+. The lowest BCUT2D eigenvalue weighted by Crippen LogP contribution is -2.27. The summed E-state index contributed by atoms with van der Waals surface area (Å²) in [4.78, 5) is 24.3. The highest BCUT2D eigenvalue weighted by Gasteiger charge is 2.13. The Morgan fingerprint density at radius 2 is 1.60 bits per heavy atom. The first-order valence-corrected chi connectivity index (χ1v) is 11.1. The van der Waals surface area contributed by atoms with E-state index in [1.807, 2.05) is 66.7 Å². The summed E-state index contributed by atoms with van der Waals surface area (Å²) >= 11 is 0. The van der Waals surface area contributed by atoms with Crippen LogP contribution in [0.4, 0.5) is 0 Å². The van der Waals surface area contributed by atoms with Gasteiger partial charge in [-0.2, -0.15) is 0 Å². The molecule has 0 aliphatic heterocycles. The maximum absolute atomic E-state index is 13.1. The zero-order valence-corrected chi connectivity index (χ0v) is 19.2. The molecule has 4 rings (SSSR count). The van der Waals surface area contributed by atoms with Crippen LogP contribution >= 0.6 is 0 Å². The lowest BCUT2D eigenvalue weighted by atomic mass is 10.1. The Morgan fingerprint density at radius 3 is 2.31 bits per heavy atom. The average molecular weight is 468 g/mol. The number of carboxylic acids is 1. The molecule has 0 saturated carbocycles. The van der Waals surface area contributed by atoms with Crippen molar-refractivity contribution in [3.63, 3.8) is 0 Å². The molecule has 0 aliphatic rings. The minimum absolute atomic E-state index is 0.0448. The van der Waals surface area contributed by atoms with Gasteiger partial charge in [-0.1, -0.05) is 60.7 Å². The molecule has 0 atom stereocenters. The Labute approximate surface area is 203 Å². The van der Waals surface area contributed by atoms with Crippen molar-refractivity contribution in [3.05, 3.63) is 113 Å². The molecule has 35 heavy (non-hydrogen) atoms. The van der Waals surface area contributed by atoms with Crippen LogP contribution in [0.3, 0.4) is 0 Å². The first-order chi connectivity index (χ1) is 17.0. The van der Waals surface area contributed by atoms with Gasteiger partial charge in [0.2, 0.25) is 0 Å². The summed E-state index contributed by atoms with van der Waals surface area (Å²) < 4.78 is 11.3. The Bertz CT molecular complexity index is 1350. The van der Waals surface area contributed by atoms with E-state index in [0.717, 1.165) is 22.1 Å². The summed E-state index contributed by atoms with van der Waals surface area (Å²) in [5.74, 6) is 0.146. The Morgan fingerprint density at radius 1 is 0.886 bits per heavy atom. The Balaban J connectivity index is 1.55. The van der Waals surface area contributed by atoms with Crippen molar-refractivity contribution < 1.29 is 24.2 Å². The highest BCUT2D eigenvalue weighted by atomic mass is 16.5. The van der Waals surface area contributed by atoms with E-state index < -0.39 is 5.97 Å². The summed E-state index contributed by atoms with van der Waals surface area (Å²) in [6, 6.07) is 27.5. The molecule has 4 aromatic carbocycles. The Kier molecular flexibility index (Phi) is 7.43. The number of benzene rings is 4. The normalized spacial score (nSPS) is 11.2. The second kappa shape index (κ2) is 11.0. The first-order valence-electron chi connectivity index (χ1n) is 11.1. The van der Waals surface area contributed by atoms with Gasteiger partial charge in [-0.05, 0) is 52.9 Å². The van der Waals surface area contributed by atoms with Crippen molar-refractivity contribution in [2.75, 3.05) is 13.7 Å². The van der Waals surface area contributed by atoms with Gasteiger partial charge in [-0.25, -0.2) is 4.79 Å². The number of fused-ring (bicyclic) bond motifs is 1. The number of hydrogen-bond acceptors (Lipinski definition) is 4. The molecule has 176 valence electrons. The minimum Gasteiger partial charge on any atom is -0.497 e. The molecular formula is C29H25NO5. The van der Waals surface area contributed by atoms with Crippen LogP contribution in [0.2, 0.25) is 0 Å². The maximum atomic E-state index is 13.1. The largest absolute Gasteiger partial charge is 0.497 e. The van der Waals surface area contributed by atoms with Gasteiger partial charge in [0.25, 0.3) is 5.91 Å². The molecule has 0 saturated heterocycles. The zero-order valence-electron chi connectivity index (χ0n) is 19.2. The van der Waals surface area contributed by atoms with Gasteiger partial charge in [0.05, 0.1) is 18.2 Å². The molecule has 2 N–H and O–H groups in total. The van der Waals surface area contributed by atoms with Gasteiger partial charge in [0.1, 0.15) is 18.1 Å². The van der Waals surface area contributed by atoms with Crippen molar-refractivity contribution in [1.29, 1.82) is 0 Å². The van der Waals surface area contributed by atoms with Crippen LogP contribution in [0.5, 0.6) is 11.5 Å². The van der Waals surface area contributed by atoms with E-state index in [2.05, 4.69) is 5.32 Å². The van der Waals surface area contributed by atoms with Crippen LogP contribution < -0.4 is 14.8 Å². The number of rotatable bonds is 9. The van der Waals surface area contributed by atoms with Gasteiger partial charge in [-0.3, -0.25) is 4.79 Å². The monoisotopic (exact) mass is 467 g/mol. The fraction of sp³-hybridized carbons (Fsp3) is 0.103. The van der Waals surface area contributed by atoms with Gasteiger partial charge in [-0.15, -0.1) is 0 Å². The summed E-state index contributed by atoms with van der Waals surface area (Å²) in [6.07, 6.45) is 1.71. The molecule has 0 unspecified atom stereocenters. The molecule has 1 amide bonds. The number of carbonyl (C=O) groups is 2. The smallest absolute Gasteiger partial charge is 0.335 e. The van der Waals surface area contributed by atoms with E-state index in [1.165, 1.54) is 12.1 Å². The van der Waals surface area contributed by atoms with E-state index in [4.69, 9.17) is 14.6 Å². The third-order valence-corrected chi connectivity index (χ3v) is 5.54. The second-order valence-electron chi connectivity index (χ2n) is 7.89. The predicted octanol–water partition coefficient (Wildman–Crippen LogP) is 5.33. The third kappa shape index (κ3) is 6.06. The number of carboxylic acid groups (broad SMARTS) is 1. The lowest BCUT2D eigenvalue weighted by Gasteiger charge is -2.13. The van der Waals surface area contributed by atoms with Crippen LogP contribution in [0.1, 0.15) is 21.5 Å². The van der Waals surface area contributed by atoms with Gasteiger partial charge in [0.15, 0.2) is 0 Å². The fourth-order valence-electron chi connectivity index (χ4n) is 3.61. The molecule has 6 nitrogen and oxygen atoms in total. The van der Waals surface area contributed by atoms with E-state index in [1.54, 1.807) is 25.3 Å². The number of ether oxygens (including phenoxy) is 2. The number of nitrogens with one attached hydrogen (secondary N) is 1. The molecule has 0 aromatic heterocycles. The third-order valence-electron chi connectivity index (χ3n) is 5.54. The quantitative estimate of drug-likeness (QED) is 0.325. The van der Waals surface area contributed by atoms with Crippen molar-refractivity contribution in [3.8, 4) is 11.5 Å². The van der Waals surface area contributed by atoms with Crippen molar-refractivity contribution in [2.45, 2.75) is 6.54 Å². The summed E-state index contributed by atoms with van der Waals surface area (Å²) in [5.41, 5.74) is 2.22. The van der Waals surface area contributed by atoms with Crippen molar-refractivity contribution in [1.82, 2.24) is 5.32 Å². The van der Waals surface area contributed by atoms with E-state index in [-0.39, 0.29) is 18.1 Å². The Hall–Kier alpha value is -4.58. The summed E-state index contributed by atoms with van der Waals surface area (Å²) in [7, 11) is 1.60. The topological polar surface area (TPSA) is 84.9 Å². The molecule has 0 spiro atoms. The van der Waals surface area contributed by atoms with Crippen LogP contribution in [0.15, 0.2) is 96.6 Å². The van der Waals surface area contributed by atoms with Crippen LogP contribution in [0.25, 0.3) is 16.8 Å². The van der Waals surface area contributed by atoms with Crippen LogP contribution in [-0.2, 0) is 11.3 Å². The number of aromatic carboxylic acids is 1. The fourth-order valence-corrected chi connectivity index (χ4v) is 3.61. The SMILES string of the molecule is COc1ccc(CNC(=O)/C(=C/c2ccc(C(=O)O)cc2)COc2cccc3ccccc23)cc1. The summed E-state index contributed by atoms with van der Waals surface area (Å²) in [6.45, 7) is 0.384. The minimum atomic E-state index is -1.00. The number of amides is 1. The molecule has 0 radical (unpaired) electrons.